The van der Waals surface area contributed by atoms with Gasteiger partial charge in [0.15, 0.2) is 40.7 Å². The number of imidazole rings is 1. The number of halogens is 1. The van der Waals surface area contributed by atoms with Crippen LogP contribution in [0, 0.1) is 25.3 Å². The summed E-state index contributed by atoms with van der Waals surface area (Å²) < 4.78 is 39.6. The van der Waals surface area contributed by atoms with Crippen molar-refractivity contribution >= 4 is 23.1 Å². The molecular formula is C19H20FN5O8. The monoisotopic (exact) mass is 465 g/mol. The molecule has 2 atom stereocenters. The van der Waals surface area contributed by atoms with Gasteiger partial charge in [0.2, 0.25) is 0 Å². The van der Waals surface area contributed by atoms with Crippen LogP contribution in [0.15, 0.2) is 20.0 Å². The summed E-state index contributed by atoms with van der Waals surface area (Å²) in [4.78, 5) is 34.4. The molecule has 0 fully saturated rings. The van der Waals surface area contributed by atoms with Crippen LogP contribution in [0.25, 0.3) is 11.2 Å². The van der Waals surface area contributed by atoms with E-state index in [1.165, 1.54) is 24.9 Å². The number of nitrogens with zero attached hydrogens (tertiary/aromatic N) is 4. The Morgan fingerprint density at radius 3 is 2.79 bits per heavy atom. The molecule has 3 aromatic heterocycles. The van der Waals surface area contributed by atoms with E-state index >= 15 is 0 Å². The van der Waals surface area contributed by atoms with Crippen molar-refractivity contribution in [2.75, 3.05) is 26.1 Å². The third-order valence-electron chi connectivity index (χ3n) is 4.75. The third kappa shape index (κ3) is 4.94. The highest BCUT2D eigenvalue weighted by molar-refractivity contribution is 5.82. The fraction of sp³-hybridized carbons (Fsp3) is 0.421. The van der Waals surface area contributed by atoms with Crippen LogP contribution in [-0.2, 0) is 27.4 Å². The molecule has 0 aliphatic rings. The maximum absolute atomic E-state index is 13.8. The van der Waals surface area contributed by atoms with Gasteiger partial charge in [-0.25, -0.2) is 14.6 Å². The van der Waals surface area contributed by atoms with Crippen molar-refractivity contribution < 1.29 is 37.3 Å². The summed E-state index contributed by atoms with van der Waals surface area (Å²) in [6.07, 6.45) is 3.27. The van der Waals surface area contributed by atoms with E-state index in [0.717, 1.165) is 0 Å². The number of hydrogen-bond donors (Lipinski definition) is 2. The lowest BCUT2D eigenvalue weighted by Gasteiger charge is -2.31. The molecular weight excluding hydrogens is 445 g/mol. The summed E-state index contributed by atoms with van der Waals surface area (Å²) in [7, 11) is 2.76. The van der Waals surface area contributed by atoms with Gasteiger partial charge in [-0.2, -0.15) is 14.4 Å². The Labute approximate surface area is 185 Å². The zero-order chi connectivity index (χ0) is 24.2. The van der Waals surface area contributed by atoms with Crippen molar-refractivity contribution in [2.24, 2.45) is 0 Å². The largest absolute Gasteiger partial charge is 0.519 e. The van der Waals surface area contributed by atoms with Gasteiger partial charge in [0.25, 0.3) is 0 Å². The Bertz CT molecular complexity index is 1250. The normalized spacial score (nSPS) is 13.8. The third-order valence-corrected chi connectivity index (χ3v) is 4.75. The molecule has 33 heavy (non-hydrogen) atoms. The number of aliphatic hydroxyl groups excluding tert-OH is 1. The lowest BCUT2D eigenvalue weighted by Crippen LogP contribution is -2.49. The van der Waals surface area contributed by atoms with E-state index in [1.807, 2.05) is 0 Å². The molecule has 0 saturated carbocycles. The highest BCUT2D eigenvalue weighted by Crippen LogP contribution is 2.22. The van der Waals surface area contributed by atoms with E-state index in [0.29, 0.717) is 0 Å². The molecule has 0 aromatic carbocycles. The second-order valence-corrected chi connectivity index (χ2v) is 6.67. The van der Waals surface area contributed by atoms with Gasteiger partial charge in [0, 0.05) is 14.2 Å². The number of aromatic nitrogens is 4. The van der Waals surface area contributed by atoms with Crippen LogP contribution in [0.3, 0.4) is 0 Å². The highest BCUT2D eigenvalue weighted by atomic mass is 19.1. The Morgan fingerprint density at radius 1 is 1.42 bits per heavy atom. The first-order valence-electron chi connectivity index (χ1n) is 9.39. The topological polar surface area (TPSA) is 164 Å². The molecule has 0 bridgehead atoms. The van der Waals surface area contributed by atoms with Crippen molar-refractivity contribution in [3.63, 3.8) is 0 Å². The zero-order valence-electron chi connectivity index (χ0n) is 17.8. The molecule has 0 saturated heterocycles. The molecule has 0 unspecified atom stereocenters. The van der Waals surface area contributed by atoms with E-state index in [2.05, 4.69) is 30.6 Å². The summed E-state index contributed by atoms with van der Waals surface area (Å²) in [6.45, 7) is 0.211. The minimum Gasteiger partial charge on any atom is -0.430 e. The molecule has 0 spiro atoms. The summed E-state index contributed by atoms with van der Waals surface area (Å²) in [5.41, 5.74) is -1.41. The number of nitrogens with one attached hydrogen (secondary N) is 1. The van der Waals surface area contributed by atoms with Gasteiger partial charge < -0.3 is 38.0 Å². The molecule has 14 heteroatoms. The van der Waals surface area contributed by atoms with Gasteiger partial charge in [-0.15, -0.1) is 6.42 Å². The lowest BCUT2D eigenvalue weighted by molar-refractivity contribution is -0.104. The van der Waals surface area contributed by atoms with Crippen LogP contribution < -0.4 is 11.1 Å². The second-order valence-electron chi connectivity index (χ2n) is 6.67. The van der Waals surface area contributed by atoms with E-state index in [4.69, 9.17) is 25.1 Å². The van der Waals surface area contributed by atoms with Gasteiger partial charge >= 0.3 is 18.1 Å². The van der Waals surface area contributed by atoms with Gasteiger partial charge in [-0.3, -0.25) is 0 Å². The summed E-state index contributed by atoms with van der Waals surface area (Å²) in [5.74, 6) is 1.65. The highest BCUT2D eigenvalue weighted by Gasteiger charge is 2.39. The van der Waals surface area contributed by atoms with Crippen molar-refractivity contribution in [1.82, 2.24) is 19.5 Å². The minimum atomic E-state index is -1.79. The Morgan fingerprint density at radius 2 is 2.18 bits per heavy atom. The van der Waals surface area contributed by atoms with Gasteiger partial charge in [-0.05, 0) is 6.92 Å². The standard InChI is InChI=1S/C19H20FN5O8/c1-5-19(29-4,8-31-17(27)30-7-11-10(2)32-18(28)33-11)12(26)6-25-9-22-13-14(21-3)23-16(20)24-15(13)25/h1,9,12,26H,6-8H2,2-4H3,(H,21,23,24)/t12-,19+/m0/s1. The number of aryl methyl sites for hydroxylation is 1. The van der Waals surface area contributed by atoms with Crippen molar-refractivity contribution in [3.8, 4) is 12.3 Å². The van der Waals surface area contributed by atoms with Gasteiger partial charge in [0.05, 0.1) is 12.9 Å². The average molecular weight is 465 g/mol. The van der Waals surface area contributed by atoms with E-state index in [1.54, 1.807) is 7.05 Å². The van der Waals surface area contributed by atoms with Crippen LogP contribution in [0.5, 0.6) is 0 Å². The number of carbonyl (C=O) groups excluding carboxylic acids is 1. The molecule has 3 rings (SSSR count). The first kappa shape index (κ1) is 23.7. The second kappa shape index (κ2) is 9.67. The quantitative estimate of drug-likeness (QED) is 0.257. The van der Waals surface area contributed by atoms with Crippen LogP contribution in [0.4, 0.5) is 15.0 Å². The van der Waals surface area contributed by atoms with E-state index in [-0.39, 0.29) is 35.0 Å². The Kier molecular flexibility index (Phi) is 6.95. The maximum Gasteiger partial charge on any atom is 0.519 e. The number of anilines is 1. The summed E-state index contributed by atoms with van der Waals surface area (Å²) in [5, 5.41) is 13.5. The summed E-state index contributed by atoms with van der Waals surface area (Å²) >= 11 is 0. The van der Waals surface area contributed by atoms with E-state index < -0.39 is 43.0 Å². The van der Waals surface area contributed by atoms with Crippen molar-refractivity contribution in [1.29, 1.82) is 0 Å². The van der Waals surface area contributed by atoms with Crippen LogP contribution >= 0.6 is 0 Å². The molecule has 2 N–H and O–H groups in total. The number of terminal acetylenes is 1. The number of hydrogen-bond acceptors (Lipinski definition) is 12. The number of carbonyl (C=O) groups is 1. The first-order valence-corrected chi connectivity index (χ1v) is 9.39. The number of rotatable bonds is 9. The number of fused-ring (bicyclic) bond motifs is 1. The van der Waals surface area contributed by atoms with Crippen molar-refractivity contribution in [3.05, 3.63) is 34.5 Å². The molecule has 13 nitrogen and oxygen atoms in total. The van der Waals surface area contributed by atoms with Crippen LogP contribution in [-0.4, -0.2) is 63.3 Å². The predicted octanol–water partition coefficient (Wildman–Crippen LogP) is 0.594. The molecule has 176 valence electrons. The number of aliphatic hydroxyl groups is 1. The maximum atomic E-state index is 13.8. The first-order chi connectivity index (χ1) is 15.7. The molecule has 3 aromatic rings. The van der Waals surface area contributed by atoms with Gasteiger partial charge in [0.1, 0.15) is 12.7 Å². The van der Waals surface area contributed by atoms with Crippen LogP contribution in [0.1, 0.15) is 11.5 Å². The Hall–Kier alpha value is -3.96. The SMILES string of the molecule is C#C[C@](COC(=O)OCc1oc(=O)oc1C)(OC)[C@@H](O)Cn1cnc2c(NC)nc(F)nc21. The Balaban J connectivity index is 1.69. The minimum absolute atomic E-state index is 0.00841. The smallest absolute Gasteiger partial charge is 0.430 e. The molecule has 0 radical (unpaired) electrons. The molecule has 3 heterocycles. The molecule has 0 amide bonds. The van der Waals surface area contributed by atoms with Crippen molar-refractivity contribution in [2.45, 2.75) is 31.8 Å². The number of ether oxygens (including phenoxy) is 3. The van der Waals surface area contributed by atoms with E-state index in [9.17, 15) is 19.1 Å². The predicted molar refractivity (Wildman–Crippen MR) is 108 cm³/mol. The van der Waals surface area contributed by atoms with Gasteiger partial charge in [-0.1, -0.05) is 5.92 Å². The molecule has 0 aliphatic carbocycles. The summed E-state index contributed by atoms with van der Waals surface area (Å²) in [6, 6.07) is 0. The fourth-order valence-corrected chi connectivity index (χ4v) is 2.89. The lowest BCUT2D eigenvalue weighted by atomic mass is 9.98. The average Bonchev–Trinajstić information content (AvgIpc) is 3.34. The fourth-order valence-electron chi connectivity index (χ4n) is 2.89. The van der Waals surface area contributed by atoms with Crippen LogP contribution in [0.2, 0.25) is 0 Å². The molecule has 0 aliphatic heterocycles. The number of methoxy groups -OCH3 is 1. The zero-order valence-corrected chi connectivity index (χ0v) is 17.8.